The van der Waals surface area contributed by atoms with Gasteiger partial charge in [-0.15, -0.1) is 0 Å². The zero-order valence-corrected chi connectivity index (χ0v) is 17.0. The van der Waals surface area contributed by atoms with Crippen molar-refractivity contribution in [1.29, 1.82) is 0 Å². The molecular formula is C19H33FO3Si. The monoisotopic (exact) mass is 356 g/mol. The van der Waals surface area contributed by atoms with E-state index in [9.17, 15) is 4.39 Å². The summed E-state index contributed by atoms with van der Waals surface area (Å²) in [6.45, 7) is 12.1. The van der Waals surface area contributed by atoms with Crippen molar-refractivity contribution in [3.63, 3.8) is 0 Å². The Morgan fingerprint density at radius 3 is 1.67 bits per heavy atom. The standard InChI is InChI=1S/C19H33FO3Si/c1-15(2)21-24(22-16(3)4,23-17(5)6)14-8-7-9-18-10-12-19(20)13-11-18/h10-13,15-17H,7-9,14H2,1-6H3. The molecule has 0 saturated carbocycles. The molecule has 0 N–H and O–H groups in total. The Morgan fingerprint density at radius 2 is 1.25 bits per heavy atom. The number of benzene rings is 1. The molecule has 0 aliphatic heterocycles. The smallest absolute Gasteiger partial charge is 0.371 e. The van der Waals surface area contributed by atoms with Gasteiger partial charge in [0.05, 0.1) is 0 Å². The summed E-state index contributed by atoms with van der Waals surface area (Å²) in [5.41, 5.74) is 1.16. The molecule has 0 heterocycles. The van der Waals surface area contributed by atoms with Crippen molar-refractivity contribution >= 4 is 8.80 Å². The van der Waals surface area contributed by atoms with Crippen LogP contribution in [-0.2, 0) is 19.7 Å². The molecule has 24 heavy (non-hydrogen) atoms. The number of unbranched alkanes of at least 4 members (excludes halogenated alkanes) is 1. The lowest BCUT2D eigenvalue weighted by atomic mass is 10.1. The van der Waals surface area contributed by atoms with Gasteiger partial charge in [0.1, 0.15) is 5.82 Å². The van der Waals surface area contributed by atoms with Crippen LogP contribution in [0.1, 0.15) is 59.9 Å². The third-order valence-electron chi connectivity index (χ3n) is 3.36. The van der Waals surface area contributed by atoms with Crippen molar-refractivity contribution in [2.24, 2.45) is 0 Å². The molecule has 0 aliphatic rings. The summed E-state index contributed by atoms with van der Waals surface area (Å²) < 4.78 is 31.5. The summed E-state index contributed by atoms with van der Waals surface area (Å²) in [5, 5.41) is 0. The molecule has 0 bridgehead atoms. The molecule has 0 unspecified atom stereocenters. The van der Waals surface area contributed by atoms with E-state index in [1.54, 1.807) is 0 Å². The largest absolute Gasteiger partial charge is 0.501 e. The second-order valence-corrected chi connectivity index (χ2v) is 9.59. The first kappa shape index (κ1) is 21.3. The SMILES string of the molecule is CC(C)O[Si](CCCCc1ccc(F)cc1)(OC(C)C)OC(C)C. The second kappa shape index (κ2) is 10.3. The number of hydrogen-bond donors (Lipinski definition) is 0. The molecule has 0 aromatic heterocycles. The lowest BCUT2D eigenvalue weighted by Gasteiger charge is -2.34. The van der Waals surface area contributed by atoms with E-state index in [0.717, 1.165) is 30.9 Å². The van der Waals surface area contributed by atoms with E-state index in [2.05, 4.69) is 0 Å². The Morgan fingerprint density at radius 1 is 0.792 bits per heavy atom. The number of halogens is 1. The molecule has 0 spiro atoms. The van der Waals surface area contributed by atoms with Crippen molar-refractivity contribution in [3.8, 4) is 0 Å². The van der Waals surface area contributed by atoms with Crippen LogP contribution in [0, 0.1) is 5.82 Å². The number of aryl methyl sites for hydroxylation is 1. The molecule has 1 rings (SSSR count). The normalized spacial score (nSPS) is 12.6. The fraction of sp³-hybridized carbons (Fsp3) is 0.684. The Labute approximate surface area is 147 Å². The molecule has 0 aliphatic carbocycles. The van der Waals surface area contributed by atoms with Crippen LogP contribution < -0.4 is 0 Å². The predicted octanol–water partition coefficient (Wildman–Crippen LogP) is 5.36. The molecule has 0 amide bonds. The lowest BCUT2D eigenvalue weighted by Crippen LogP contribution is -2.50. The highest BCUT2D eigenvalue weighted by atomic mass is 28.4. The van der Waals surface area contributed by atoms with Crippen LogP contribution in [0.5, 0.6) is 0 Å². The summed E-state index contributed by atoms with van der Waals surface area (Å²) in [7, 11) is -2.69. The highest BCUT2D eigenvalue weighted by Crippen LogP contribution is 2.25. The number of rotatable bonds is 11. The van der Waals surface area contributed by atoms with E-state index < -0.39 is 8.80 Å². The van der Waals surface area contributed by atoms with Crippen LogP contribution in [0.3, 0.4) is 0 Å². The zero-order chi connectivity index (χ0) is 18.2. The van der Waals surface area contributed by atoms with Crippen LogP contribution in [0.25, 0.3) is 0 Å². The Bertz CT molecular complexity index is 434. The van der Waals surface area contributed by atoms with E-state index in [1.165, 1.54) is 12.1 Å². The molecule has 0 radical (unpaired) electrons. The van der Waals surface area contributed by atoms with Gasteiger partial charge in [-0.2, -0.15) is 0 Å². The van der Waals surface area contributed by atoms with E-state index in [0.29, 0.717) is 0 Å². The molecule has 1 aromatic rings. The minimum Gasteiger partial charge on any atom is -0.371 e. The third-order valence-corrected chi connectivity index (χ3v) is 6.81. The maximum atomic E-state index is 13.0. The average molecular weight is 357 g/mol. The summed E-state index contributed by atoms with van der Waals surface area (Å²) in [4.78, 5) is 0. The summed E-state index contributed by atoms with van der Waals surface area (Å²) in [6, 6.07) is 7.53. The highest BCUT2D eigenvalue weighted by Gasteiger charge is 2.43. The quantitative estimate of drug-likeness (QED) is 0.394. The molecule has 5 heteroatoms. The van der Waals surface area contributed by atoms with Gasteiger partial charge in [0, 0.05) is 24.4 Å². The van der Waals surface area contributed by atoms with E-state index in [1.807, 2.05) is 53.7 Å². The fourth-order valence-electron chi connectivity index (χ4n) is 2.66. The molecule has 0 saturated heterocycles. The second-order valence-electron chi connectivity index (χ2n) is 7.02. The molecule has 138 valence electrons. The van der Waals surface area contributed by atoms with Gasteiger partial charge in [0.15, 0.2) is 0 Å². The van der Waals surface area contributed by atoms with Gasteiger partial charge in [-0.05, 0) is 78.5 Å². The van der Waals surface area contributed by atoms with Crippen LogP contribution >= 0.6 is 0 Å². The first-order chi connectivity index (χ1) is 11.2. The van der Waals surface area contributed by atoms with Crippen LogP contribution in [-0.4, -0.2) is 27.1 Å². The molecule has 0 atom stereocenters. The molecular weight excluding hydrogens is 323 g/mol. The van der Waals surface area contributed by atoms with Gasteiger partial charge in [0.2, 0.25) is 0 Å². The Kier molecular flexibility index (Phi) is 9.12. The van der Waals surface area contributed by atoms with Gasteiger partial charge in [0.25, 0.3) is 0 Å². The van der Waals surface area contributed by atoms with Crippen molar-refractivity contribution in [3.05, 3.63) is 35.6 Å². The zero-order valence-electron chi connectivity index (χ0n) is 16.0. The maximum absolute atomic E-state index is 13.0. The Hall–Kier alpha value is -0.753. The van der Waals surface area contributed by atoms with Crippen molar-refractivity contribution < 1.29 is 17.7 Å². The average Bonchev–Trinajstić information content (AvgIpc) is 2.43. The van der Waals surface area contributed by atoms with Gasteiger partial charge < -0.3 is 13.3 Å². The molecule has 0 fully saturated rings. The van der Waals surface area contributed by atoms with Gasteiger partial charge >= 0.3 is 8.80 Å². The predicted molar refractivity (Wildman–Crippen MR) is 98.6 cm³/mol. The summed E-state index contributed by atoms with van der Waals surface area (Å²) in [5.74, 6) is -0.189. The van der Waals surface area contributed by atoms with Gasteiger partial charge in [-0.1, -0.05) is 12.1 Å². The minimum absolute atomic E-state index is 0.0752. The first-order valence-corrected chi connectivity index (χ1v) is 10.9. The van der Waals surface area contributed by atoms with Crippen molar-refractivity contribution in [1.82, 2.24) is 0 Å². The van der Waals surface area contributed by atoms with Gasteiger partial charge in [-0.3, -0.25) is 0 Å². The maximum Gasteiger partial charge on any atom is 0.501 e. The fourth-order valence-corrected chi connectivity index (χ4v) is 6.02. The molecule has 1 aromatic carbocycles. The topological polar surface area (TPSA) is 27.7 Å². The lowest BCUT2D eigenvalue weighted by molar-refractivity contribution is 0.00281. The van der Waals surface area contributed by atoms with Crippen LogP contribution in [0.2, 0.25) is 6.04 Å². The molecule has 3 nitrogen and oxygen atoms in total. The van der Waals surface area contributed by atoms with Crippen molar-refractivity contribution in [2.75, 3.05) is 0 Å². The highest BCUT2D eigenvalue weighted by molar-refractivity contribution is 6.60. The van der Waals surface area contributed by atoms with E-state index >= 15 is 0 Å². The minimum atomic E-state index is -2.69. The van der Waals surface area contributed by atoms with Crippen LogP contribution in [0.15, 0.2) is 24.3 Å². The Balaban J connectivity index is 2.63. The van der Waals surface area contributed by atoms with E-state index in [4.69, 9.17) is 13.3 Å². The van der Waals surface area contributed by atoms with E-state index in [-0.39, 0.29) is 24.1 Å². The van der Waals surface area contributed by atoms with Gasteiger partial charge in [-0.25, -0.2) is 4.39 Å². The summed E-state index contributed by atoms with van der Waals surface area (Å²) in [6.07, 6.45) is 3.12. The summed E-state index contributed by atoms with van der Waals surface area (Å²) >= 11 is 0. The first-order valence-electron chi connectivity index (χ1n) is 9.00. The number of hydrogen-bond acceptors (Lipinski definition) is 3. The van der Waals surface area contributed by atoms with Crippen molar-refractivity contribution in [2.45, 2.75) is 85.2 Å². The van der Waals surface area contributed by atoms with Crippen LogP contribution in [0.4, 0.5) is 4.39 Å². The third kappa shape index (κ3) is 8.38.